The summed E-state index contributed by atoms with van der Waals surface area (Å²) >= 11 is 0. The van der Waals surface area contributed by atoms with E-state index in [2.05, 4.69) is 20.9 Å². The van der Waals surface area contributed by atoms with E-state index in [1.54, 1.807) is 18.3 Å². The number of rotatable bonds is 4. The highest BCUT2D eigenvalue weighted by molar-refractivity contribution is 6.05. The van der Waals surface area contributed by atoms with E-state index in [1.807, 2.05) is 6.07 Å². The Hall–Kier alpha value is -3.56. The zero-order chi connectivity index (χ0) is 24.6. The average molecular weight is 489 g/mol. The molecule has 2 N–H and O–H groups in total. The SMILES string of the molecule is O=C1CCC(N2Cc3cc(-n4cc(C(=O)NC5CC6(CC7CCC6C7)C5)nn4)ccc3C2=O)C(=O)N1. The lowest BCUT2D eigenvalue weighted by molar-refractivity contribution is -0.136. The number of imide groups is 1. The highest BCUT2D eigenvalue weighted by Crippen LogP contribution is 2.64. The van der Waals surface area contributed by atoms with E-state index in [4.69, 9.17) is 0 Å². The maximum atomic E-state index is 12.9. The number of carbonyl (C=O) groups excluding carboxylic acids is 4. The van der Waals surface area contributed by atoms with Crippen LogP contribution in [0.1, 0.15) is 77.8 Å². The van der Waals surface area contributed by atoms with Crippen molar-refractivity contribution in [3.8, 4) is 5.69 Å². The summed E-state index contributed by atoms with van der Waals surface area (Å²) in [5, 5.41) is 13.7. The molecule has 10 heteroatoms. The number of nitrogens with one attached hydrogen (secondary N) is 2. The molecular formula is C26H28N6O4. The number of amides is 4. The third-order valence-corrected chi connectivity index (χ3v) is 9.24. The first-order valence-corrected chi connectivity index (χ1v) is 12.9. The minimum Gasteiger partial charge on any atom is -0.348 e. The van der Waals surface area contributed by atoms with Gasteiger partial charge in [-0.05, 0) is 79.5 Å². The van der Waals surface area contributed by atoms with Crippen molar-refractivity contribution in [2.45, 2.75) is 70.0 Å². The quantitative estimate of drug-likeness (QED) is 0.631. The normalized spacial score (nSPS) is 32.6. The Morgan fingerprint density at radius 3 is 2.72 bits per heavy atom. The van der Waals surface area contributed by atoms with Crippen molar-refractivity contribution in [3.05, 3.63) is 41.2 Å². The lowest BCUT2D eigenvalue weighted by Gasteiger charge is -2.51. The van der Waals surface area contributed by atoms with Gasteiger partial charge in [0.1, 0.15) is 6.04 Å². The van der Waals surface area contributed by atoms with Gasteiger partial charge >= 0.3 is 0 Å². The molecule has 3 unspecified atom stereocenters. The number of nitrogens with zero attached hydrogens (tertiary/aromatic N) is 4. The molecule has 7 rings (SSSR count). The van der Waals surface area contributed by atoms with Crippen LogP contribution < -0.4 is 10.6 Å². The van der Waals surface area contributed by atoms with Crippen molar-refractivity contribution in [2.75, 3.05) is 0 Å². The van der Waals surface area contributed by atoms with Gasteiger partial charge in [-0.3, -0.25) is 24.5 Å². The molecule has 4 amide bonds. The summed E-state index contributed by atoms with van der Waals surface area (Å²) in [5.74, 6) is 0.593. The Balaban J connectivity index is 1.02. The van der Waals surface area contributed by atoms with Crippen molar-refractivity contribution in [1.29, 1.82) is 0 Å². The Bertz CT molecular complexity index is 1310. The molecule has 2 aromatic rings. The first kappa shape index (κ1) is 21.7. The monoisotopic (exact) mass is 488 g/mol. The smallest absolute Gasteiger partial charge is 0.273 e. The molecule has 0 radical (unpaired) electrons. The van der Waals surface area contributed by atoms with Crippen LogP contribution in [0.5, 0.6) is 0 Å². The van der Waals surface area contributed by atoms with E-state index >= 15 is 0 Å². The average Bonchev–Trinajstić information content (AvgIpc) is 3.62. The van der Waals surface area contributed by atoms with E-state index in [9.17, 15) is 19.2 Å². The zero-order valence-electron chi connectivity index (χ0n) is 19.9. The van der Waals surface area contributed by atoms with Crippen molar-refractivity contribution >= 4 is 23.6 Å². The van der Waals surface area contributed by atoms with Gasteiger partial charge in [0.2, 0.25) is 11.8 Å². The molecule has 3 atom stereocenters. The van der Waals surface area contributed by atoms with Crippen LogP contribution in [0.15, 0.2) is 24.4 Å². The van der Waals surface area contributed by atoms with Crippen LogP contribution in [-0.2, 0) is 16.1 Å². The van der Waals surface area contributed by atoms with Crippen molar-refractivity contribution in [2.24, 2.45) is 17.3 Å². The third kappa shape index (κ3) is 3.30. The van der Waals surface area contributed by atoms with Crippen molar-refractivity contribution < 1.29 is 19.2 Å². The molecule has 1 saturated heterocycles. The van der Waals surface area contributed by atoms with Crippen molar-refractivity contribution in [1.82, 2.24) is 30.5 Å². The summed E-state index contributed by atoms with van der Waals surface area (Å²) in [6.07, 6.45) is 9.77. The van der Waals surface area contributed by atoms with Gasteiger partial charge in [-0.1, -0.05) is 11.6 Å². The van der Waals surface area contributed by atoms with Gasteiger partial charge < -0.3 is 10.2 Å². The molecule has 5 aliphatic rings. The fourth-order valence-corrected chi connectivity index (χ4v) is 7.54. The van der Waals surface area contributed by atoms with Gasteiger partial charge in [0.25, 0.3) is 11.8 Å². The molecule has 1 aromatic carbocycles. The van der Waals surface area contributed by atoms with Crippen LogP contribution in [0.4, 0.5) is 0 Å². The summed E-state index contributed by atoms with van der Waals surface area (Å²) in [7, 11) is 0. The fraction of sp³-hybridized carbons (Fsp3) is 0.538. The molecule has 4 fully saturated rings. The number of hydrogen-bond acceptors (Lipinski definition) is 6. The minimum atomic E-state index is -0.655. The topological polar surface area (TPSA) is 126 Å². The highest BCUT2D eigenvalue weighted by Gasteiger charge is 2.57. The van der Waals surface area contributed by atoms with Crippen LogP contribution in [-0.4, -0.2) is 55.6 Å². The number of piperidine rings is 1. The second-order valence-corrected chi connectivity index (χ2v) is 11.3. The summed E-state index contributed by atoms with van der Waals surface area (Å²) in [6, 6.07) is 4.86. The first-order chi connectivity index (χ1) is 17.4. The molecule has 3 aliphatic carbocycles. The summed E-state index contributed by atoms with van der Waals surface area (Å²) in [6.45, 7) is 0.279. The predicted molar refractivity (Wildman–Crippen MR) is 126 cm³/mol. The number of carbonyl (C=O) groups is 4. The van der Waals surface area contributed by atoms with Crippen LogP contribution in [0.25, 0.3) is 5.69 Å². The van der Waals surface area contributed by atoms with Gasteiger partial charge in [0.05, 0.1) is 11.9 Å². The largest absolute Gasteiger partial charge is 0.348 e. The second-order valence-electron chi connectivity index (χ2n) is 11.3. The molecular weight excluding hydrogens is 460 g/mol. The Labute approximate surface area is 207 Å². The first-order valence-electron chi connectivity index (χ1n) is 12.9. The highest BCUT2D eigenvalue weighted by atomic mass is 16.2. The zero-order valence-corrected chi connectivity index (χ0v) is 19.9. The number of aromatic nitrogens is 3. The molecule has 10 nitrogen and oxygen atoms in total. The summed E-state index contributed by atoms with van der Waals surface area (Å²) < 4.78 is 1.53. The van der Waals surface area contributed by atoms with E-state index in [0.29, 0.717) is 23.1 Å². The van der Waals surface area contributed by atoms with Gasteiger partial charge in [-0.25, -0.2) is 4.68 Å². The summed E-state index contributed by atoms with van der Waals surface area (Å²) in [4.78, 5) is 51.0. The van der Waals surface area contributed by atoms with E-state index in [-0.39, 0.29) is 42.4 Å². The maximum absolute atomic E-state index is 12.9. The lowest BCUT2D eigenvalue weighted by Crippen LogP contribution is -2.53. The van der Waals surface area contributed by atoms with Crippen LogP contribution >= 0.6 is 0 Å². The molecule has 2 aliphatic heterocycles. The van der Waals surface area contributed by atoms with E-state index in [0.717, 1.165) is 30.2 Å². The third-order valence-electron chi connectivity index (χ3n) is 9.24. The van der Waals surface area contributed by atoms with Gasteiger partial charge in [0.15, 0.2) is 5.69 Å². The summed E-state index contributed by atoms with van der Waals surface area (Å²) in [5.41, 5.74) is 2.73. The molecule has 1 aromatic heterocycles. The number of fused-ring (bicyclic) bond motifs is 4. The standard InChI is InChI=1S/C26H28N6O4/c33-22-6-5-21(24(35)28-22)31-12-15-8-18(3-4-19(15)25(31)36)32-13-20(29-30-32)23(34)27-17-10-26(11-17)9-14-1-2-16(26)7-14/h3-4,8,13-14,16-17,21H,1-2,5-7,9-12H2,(H,27,34)(H,28,33,35). The lowest BCUT2D eigenvalue weighted by atomic mass is 9.57. The molecule has 1 spiro atoms. The van der Waals surface area contributed by atoms with Gasteiger partial charge in [0, 0.05) is 24.6 Å². The molecule has 186 valence electrons. The van der Waals surface area contributed by atoms with Gasteiger partial charge in [-0.15, -0.1) is 5.10 Å². The molecule has 3 heterocycles. The van der Waals surface area contributed by atoms with Crippen LogP contribution in [0.2, 0.25) is 0 Å². The van der Waals surface area contributed by atoms with Crippen LogP contribution in [0, 0.1) is 17.3 Å². The van der Waals surface area contributed by atoms with E-state index in [1.165, 1.54) is 35.3 Å². The Kier molecular flexibility index (Phi) is 4.65. The molecule has 36 heavy (non-hydrogen) atoms. The van der Waals surface area contributed by atoms with Crippen LogP contribution in [0.3, 0.4) is 0 Å². The van der Waals surface area contributed by atoms with E-state index < -0.39 is 11.9 Å². The van der Waals surface area contributed by atoms with Crippen molar-refractivity contribution in [3.63, 3.8) is 0 Å². The fourth-order valence-electron chi connectivity index (χ4n) is 7.54. The molecule has 3 saturated carbocycles. The Morgan fingerprint density at radius 1 is 1.11 bits per heavy atom. The Morgan fingerprint density at radius 2 is 1.97 bits per heavy atom. The molecule has 2 bridgehead atoms. The maximum Gasteiger partial charge on any atom is 0.273 e. The van der Waals surface area contributed by atoms with Gasteiger partial charge in [-0.2, -0.15) is 0 Å². The second kappa shape index (κ2) is 7.72. The minimum absolute atomic E-state index is 0.204. The number of benzene rings is 1. The number of hydrogen-bond donors (Lipinski definition) is 2. The predicted octanol–water partition coefficient (Wildman–Crippen LogP) is 1.73.